The highest BCUT2D eigenvalue weighted by Gasteiger charge is 2.14. The first-order chi connectivity index (χ1) is 12.0. The molecule has 0 radical (unpaired) electrons. The van der Waals surface area contributed by atoms with Crippen molar-refractivity contribution in [3.05, 3.63) is 81.6 Å². The third-order valence-corrected chi connectivity index (χ3v) is 4.01. The van der Waals surface area contributed by atoms with Gasteiger partial charge < -0.3 is 9.88 Å². The van der Waals surface area contributed by atoms with Gasteiger partial charge >= 0.3 is 0 Å². The average molecular weight is 342 g/mol. The van der Waals surface area contributed by atoms with Crippen LogP contribution < -0.4 is 10.7 Å². The summed E-state index contributed by atoms with van der Waals surface area (Å²) >= 11 is 0. The molecule has 25 heavy (non-hydrogen) atoms. The van der Waals surface area contributed by atoms with Gasteiger partial charge in [0, 0.05) is 25.2 Å². The van der Waals surface area contributed by atoms with Gasteiger partial charge in [0.05, 0.1) is 5.52 Å². The Hall–Kier alpha value is -3.02. The van der Waals surface area contributed by atoms with Gasteiger partial charge in [0.15, 0.2) is 0 Å². The van der Waals surface area contributed by atoms with Crippen molar-refractivity contribution in [3.8, 4) is 0 Å². The van der Waals surface area contributed by atoms with E-state index in [1.54, 1.807) is 23.7 Å². The van der Waals surface area contributed by atoms with Crippen molar-refractivity contribution >= 4 is 16.8 Å². The molecule has 0 bridgehead atoms. The standard InChI is InChI=1S/C19H16F2N2O2/c1-23-11-16(18(24)15-10-14(21)6-7-17(15)23)19(25)22-9-8-12-2-4-13(20)5-3-12/h2-7,10-11H,8-9H2,1H3,(H,22,25). The van der Waals surface area contributed by atoms with Crippen LogP contribution in [0.4, 0.5) is 8.78 Å². The second-order valence-corrected chi connectivity index (χ2v) is 5.78. The summed E-state index contributed by atoms with van der Waals surface area (Å²) in [5.74, 6) is -1.37. The van der Waals surface area contributed by atoms with Gasteiger partial charge in [0.25, 0.3) is 5.91 Å². The molecule has 1 amide bonds. The second kappa shape index (κ2) is 6.84. The van der Waals surface area contributed by atoms with Crippen LogP contribution in [0.3, 0.4) is 0 Å². The number of aromatic nitrogens is 1. The predicted octanol–water partition coefficient (Wildman–Crippen LogP) is 2.79. The lowest BCUT2D eigenvalue weighted by molar-refractivity contribution is 0.0952. The number of benzene rings is 2. The number of nitrogens with one attached hydrogen (secondary N) is 1. The van der Waals surface area contributed by atoms with E-state index in [2.05, 4.69) is 5.32 Å². The smallest absolute Gasteiger partial charge is 0.256 e. The summed E-state index contributed by atoms with van der Waals surface area (Å²) in [7, 11) is 1.69. The first kappa shape index (κ1) is 16.8. The Labute approximate surface area is 142 Å². The summed E-state index contributed by atoms with van der Waals surface area (Å²) in [5.41, 5.74) is 0.871. The van der Waals surface area contributed by atoms with Gasteiger partial charge in [0.2, 0.25) is 5.43 Å². The molecule has 0 atom stereocenters. The Kier molecular flexibility index (Phi) is 4.61. The zero-order valence-electron chi connectivity index (χ0n) is 13.6. The highest BCUT2D eigenvalue weighted by molar-refractivity contribution is 5.97. The summed E-state index contributed by atoms with van der Waals surface area (Å²) in [6.45, 7) is 0.300. The van der Waals surface area contributed by atoms with Crippen LogP contribution in [-0.2, 0) is 13.5 Å². The molecule has 3 rings (SSSR count). The first-order valence-corrected chi connectivity index (χ1v) is 7.77. The molecule has 0 spiro atoms. The number of hydrogen-bond acceptors (Lipinski definition) is 2. The molecule has 1 aromatic heterocycles. The molecule has 0 saturated heterocycles. The fraction of sp³-hybridized carbons (Fsp3) is 0.158. The zero-order valence-corrected chi connectivity index (χ0v) is 13.6. The number of pyridine rings is 1. The van der Waals surface area contributed by atoms with E-state index in [1.807, 2.05) is 0 Å². The van der Waals surface area contributed by atoms with Crippen LogP contribution in [-0.4, -0.2) is 17.0 Å². The topological polar surface area (TPSA) is 51.1 Å². The van der Waals surface area contributed by atoms with Gasteiger partial charge in [-0.25, -0.2) is 8.78 Å². The minimum Gasteiger partial charge on any atom is -0.352 e. The number of fused-ring (bicyclic) bond motifs is 1. The van der Waals surface area contributed by atoms with Crippen LogP contribution in [0.15, 0.2) is 53.5 Å². The average Bonchev–Trinajstić information content (AvgIpc) is 2.59. The van der Waals surface area contributed by atoms with Gasteiger partial charge in [0.1, 0.15) is 17.2 Å². The van der Waals surface area contributed by atoms with E-state index in [0.29, 0.717) is 18.5 Å². The molecule has 128 valence electrons. The Morgan fingerprint density at radius 3 is 2.48 bits per heavy atom. The van der Waals surface area contributed by atoms with Gasteiger partial charge in [-0.2, -0.15) is 0 Å². The minimum absolute atomic E-state index is 0.0419. The lowest BCUT2D eigenvalue weighted by atomic mass is 10.1. The number of amides is 1. The Morgan fingerprint density at radius 1 is 1.08 bits per heavy atom. The third kappa shape index (κ3) is 3.57. The Balaban J connectivity index is 1.79. The molecule has 2 aromatic carbocycles. The molecule has 3 aromatic rings. The van der Waals surface area contributed by atoms with E-state index in [0.717, 1.165) is 11.6 Å². The fourth-order valence-corrected chi connectivity index (χ4v) is 2.69. The maximum absolute atomic E-state index is 13.4. The van der Waals surface area contributed by atoms with E-state index in [-0.39, 0.29) is 16.8 Å². The molecular weight excluding hydrogens is 326 g/mol. The molecule has 0 aliphatic carbocycles. The van der Waals surface area contributed by atoms with E-state index >= 15 is 0 Å². The molecule has 0 aliphatic rings. The molecule has 0 unspecified atom stereocenters. The van der Waals surface area contributed by atoms with E-state index in [4.69, 9.17) is 0 Å². The zero-order chi connectivity index (χ0) is 18.0. The maximum Gasteiger partial charge on any atom is 0.256 e. The molecule has 4 nitrogen and oxygen atoms in total. The van der Waals surface area contributed by atoms with Crippen molar-refractivity contribution in [2.24, 2.45) is 7.05 Å². The van der Waals surface area contributed by atoms with E-state index in [1.165, 1.54) is 30.5 Å². The molecule has 1 N–H and O–H groups in total. The largest absolute Gasteiger partial charge is 0.352 e. The summed E-state index contributed by atoms with van der Waals surface area (Å²) in [4.78, 5) is 24.8. The molecular formula is C19H16F2N2O2. The van der Waals surface area contributed by atoms with Crippen LogP contribution in [0, 0.1) is 11.6 Å². The number of nitrogens with zero attached hydrogens (tertiary/aromatic N) is 1. The van der Waals surface area contributed by atoms with Crippen molar-refractivity contribution < 1.29 is 13.6 Å². The van der Waals surface area contributed by atoms with Crippen LogP contribution in [0.5, 0.6) is 0 Å². The highest BCUT2D eigenvalue weighted by atomic mass is 19.1. The Bertz CT molecular complexity index is 995. The van der Waals surface area contributed by atoms with Crippen LogP contribution in [0.1, 0.15) is 15.9 Å². The second-order valence-electron chi connectivity index (χ2n) is 5.78. The quantitative estimate of drug-likeness (QED) is 0.793. The minimum atomic E-state index is -0.529. The lowest BCUT2D eigenvalue weighted by Gasteiger charge is -2.10. The number of halogens is 2. The third-order valence-electron chi connectivity index (χ3n) is 4.01. The van der Waals surface area contributed by atoms with E-state index in [9.17, 15) is 18.4 Å². The van der Waals surface area contributed by atoms with Gasteiger partial charge in [-0.15, -0.1) is 0 Å². The molecule has 6 heteroatoms. The molecule has 0 fully saturated rings. The highest BCUT2D eigenvalue weighted by Crippen LogP contribution is 2.12. The van der Waals surface area contributed by atoms with Crippen molar-refractivity contribution in [2.75, 3.05) is 6.54 Å². The van der Waals surface area contributed by atoms with E-state index < -0.39 is 17.2 Å². The van der Waals surface area contributed by atoms with Crippen molar-refractivity contribution in [1.29, 1.82) is 0 Å². The molecule has 1 heterocycles. The normalized spacial score (nSPS) is 10.8. The van der Waals surface area contributed by atoms with Gasteiger partial charge in [-0.1, -0.05) is 12.1 Å². The Morgan fingerprint density at radius 2 is 1.76 bits per heavy atom. The summed E-state index contributed by atoms with van der Waals surface area (Å²) in [5, 5.41) is 2.83. The SMILES string of the molecule is Cn1cc(C(=O)NCCc2ccc(F)cc2)c(=O)c2cc(F)ccc21. The summed E-state index contributed by atoms with van der Waals surface area (Å²) in [6, 6.07) is 9.88. The van der Waals surface area contributed by atoms with Crippen molar-refractivity contribution in [1.82, 2.24) is 9.88 Å². The van der Waals surface area contributed by atoms with Gasteiger partial charge in [-0.3, -0.25) is 9.59 Å². The van der Waals surface area contributed by atoms with Crippen LogP contribution >= 0.6 is 0 Å². The summed E-state index contributed by atoms with van der Waals surface area (Å²) < 4.78 is 27.9. The maximum atomic E-state index is 13.4. The van der Waals surface area contributed by atoms with Gasteiger partial charge in [-0.05, 0) is 42.3 Å². The number of aryl methyl sites for hydroxylation is 1. The number of carbonyl (C=O) groups is 1. The van der Waals surface area contributed by atoms with Crippen molar-refractivity contribution in [2.45, 2.75) is 6.42 Å². The first-order valence-electron chi connectivity index (χ1n) is 7.77. The lowest BCUT2D eigenvalue weighted by Crippen LogP contribution is -2.31. The number of carbonyl (C=O) groups excluding carboxylic acids is 1. The van der Waals surface area contributed by atoms with Crippen LogP contribution in [0.2, 0.25) is 0 Å². The van der Waals surface area contributed by atoms with Crippen molar-refractivity contribution in [3.63, 3.8) is 0 Å². The van der Waals surface area contributed by atoms with Crippen LogP contribution in [0.25, 0.3) is 10.9 Å². The monoisotopic (exact) mass is 342 g/mol. The number of hydrogen-bond donors (Lipinski definition) is 1. The molecule has 0 aliphatic heterocycles. The summed E-state index contributed by atoms with van der Waals surface area (Å²) in [6.07, 6.45) is 1.95. The number of rotatable bonds is 4. The fourth-order valence-electron chi connectivity index (χ4n) is 2.69. The molecule has 0 saturated carbocycles. The predicted molar refractivity (Wildman–Crippen MR) is 91.6 cm³/mol.